The van der Waals surface area contributed by atoms with Crippen molar-refractivity contribution in [2.24, 2.45) is 11.8 Å². The molecule has 0 unspecified atom stereocenters. The zero-order valence-corrected chi connectivity index (χ0v) is 43.7. The average Bonchev–Trinajstić information content (AvgIpc) is 4.10. The molecule has 2 fully saturated rings. The lowest BCUT2D eigenvalue weighted by Gasteiger charge is -2.36. The number of rotatable bonds is 22. The maximum Gasteiger partial charge on any atom is 0.231 e. The Kier molecular flexibility index (Phi) is 21.2. The van der Waals surface area contributed by atoms with Gasteiger partial charge in [-0.15, -0.1) is 0 Å². The number of ether oxygens (including phenoxy) is 2. The smallest absolute Gasteiger partial charge is 0.231 e. The molecule has 14 nitrogen and oxygen atoms in total. The second-order valence-corrected chi connectivity index (χ2v) is 20.8. The molecule has 8 rings (SSSR count). The second kappa shape index (κ2) is 27.6. The van der Waals surface area contributed by atoms with E-state index in [0.717, 1.165) is 120 Å². The summed E-state index contributed by atoms with van der Waals surface area (Å²) in [5.74, 6) is 1.45. The summed E-state index contributed by atoms with van der Waals surface area (Å²) in [5, 5.41) is 42.8. The van der Waals surface area contributed by atoms with E-state index in [4.69, 9.17) is 18.3 Å². The van der Waals surface area contributed by atoms with E-state index in [1.807, 2.05) is 121 Å². The van der Waals surface area contributed by atoms with Gasteiger partial charge in [-0.05, 0) is 73.2 Å². The minimum absolute atomic E-state index is 0.123. The molecule has 2 aliphatic rings. The molecule has 6 aromatic rings. The van der Waals surface area contributed by atoms with Crippen molar-refractivity contribution in [1.82, 2.24) is 9.97 Å². The van der Waals surface area contributed by atoms with Crippen LogP contribution in [0.2, 0.25) is 0 Å². The van der Waals surface area contributed by atoms with Crippen molar-refractivity contribution < 1.29 is 57.3 Å². The number of hydrogen-bond donors (Lipinski definition) is 2. The van der Waals surface area contributed by atoms with Gasteiger partial charge in [-0.1, -0.05) is 136 Å². The summed E-state index contributed by atoms with van der Waals surface area (Å²) in [5.41, 5.74) is -0.615. The van der Waals surface area contributed by atoms with Gasteiger partial charge in [0.15, 0.2) is 22.7 Å². The van der Waals surface area contributed by atoms with E-state index in [-0.39, 0.29) is 11.8 Å². The second-order valence-electron chi connectivity index (χ2n) is 20.8. The van der Waals surface area contributed by atoms with Crippen molar-refractivity contribution in [2.75, 3.05) is 54.5 Å². The predicted molar refractivity (Wildman–Crippen MR) is 279 cm³/mol. The highest BCUT2D eigenvalue weighted by Gasteiger charge is 2.46. The quantitative estimate of drug-likeness (QED) is 0.0378. The van der Waals surface area contributed by atoms with Crippen molar-refractivity contribution in [3.63, 3.8) is 0 Å². The number of hydrogen-bond acceptors (Lipinski definition) is 12. The number of aromatic nitrogens is 2. The van der Waals surface area contributed by atoms with Crippen LogP contribution in [0.15, 0.2) is 155 Å². The topological polar surface area (TPSA) is 191 Å². The third kappa shape index (κ3) is 17.0. The molecule has 0 saturated heterocycles. The molecule has 0 aliphatic heterocycles. The molecular weight excluding hydrogens is 937 g/mol. The Morgan fingerprint density at radius 3 is 1.20 bits per heavy atom. The SMILES string of the molecule is C[N+](C)(CCCOc1ccccc1)Cc1cnc([C@](O)(c2ccccc2)C2CCCCC2)o1.C[N+](C)(CCCOc1ccccc1)Cc1cnc([C@](O)(c2ccccc2)C2CCCCC2)o1.O=C([O-])/C=C\C(=O)[O-]. The van der Waals surface area contributed by atoms with Gasteiger partial charge in [-0.3, -0.25) is 0 Å². The largest absolute Gasteiger partial charge is 0.545 e. The maximum atomic E-state index is 12.0. The summed E-state index contributed by atoms with van der Waals surface area (Å²) in [7, 11) is 8.76. The first-order chi connectivity index (χ1) is 35.6. The average molecular weight is 1010 g/mol. The fourth-order valence-electron chi connectivity index (χ4n) is 10.1. The summed E-state index contributed by atoms with van der Waals surface area (Å²) in [6.45, 7) is 4.70. The van der Waals surface area contributed by atoms with Gasteiger partial charge < -0.3 is 57.3 Å². The standard InChI is InChI=1S/2C28H37N2O3.C4H4O4/c2*1-30(2,19-12-20-32-25-17-10-5-11-18-25)22-26-21-29-27(33-26)28(31,23-13-6-3-7-14-23)24-15-8-4-9-16-24;5-3(6)1-2-4(7)8/h2*3,5-7,10-11,13-14,17-18,21,24,31H,4,8-9,12,15-16,19-20,22H2,1-2H3;1-2H,(H,5,6)(H,7,8)/q2*+1;/p-2/b;;2-1-/t2*28-;/m00./s1. The summed E-state index contributed by atoms with van der Waals surface area (Å²) >= 11 is 0. The van der Waals surface area contributed by atoms with Crippen LogP contribution in [0.4, 0.5) is 0 Å². The number of oxazole rings is 2. The number of quaternary nitrogens is 2. The predicted octanol–water partition coefficient (Wildman–Crippen LogP) is 8.12. The molecule has 2 atom stereocenters. The summed E-state index contributed by atoms with van der Waals surface area (Å²) in [6.07, 6.45) is 17.3. The van der Waals surface area contributed by atoms with Crippen molar-refractivity contribution in [3.05, 3.63) is 180 Å². The van der Waals surface area contributed by atoms with Crippen molar-refractivity contribution in [3.8, 4) is 11.5 Å². The third-order valence-electron chi connectivity index (χ3n) is 13.9. The van der Waals surface area contributed by atoms with Crippen LogP contribution in [-0.2, 0) is 33.9 Å². The van der Waals surface area contributed by atoms with Gasteiger partial charge in [0.1, 0.15) is 24.6 Å². The molecule has 0 bridgehead atoms. The lowest BCUT2D eigenvalue weighted by atomic mass is 9.73. The number of carbonyl (C=O) groups excluding carboxylic acids is 2. The van der Waals surface area contributed by atoms with Crippen LogP contribution in [0.25, 0.3) is 0 Å². The number of aliphatic hydroxyl groups is 2. The van der Waals surface area contributed by atoms with Crippen molar-refractivity contribution in [1.29, 1.82) is 0 Å². The summed E-state index contributed by atoms with van der Waals surface area (Å²) in [6, 6.07) is 39.7. The number of benzene rings is 4. The molecule has 14 heteroatoms. The van der Waals surface area contributed by atoms with Gasteiger partial charge in [0.2, 0.25) is 11.8 Å². The van der Waals surface area contributed by atoms with Crippen LogP contribution in [0.3, 0.4) is 0 Å². The number of carboxylic acid groups (broad SMARTS) is 2. The number of aliphatic carboxylic acids is 2. The van der Waals surface area contributed by atoms with Crippen LogP contribution in [0, 0.1) is 11.8 Å². The van der Waals surface area contributed by atoms with Gasteiger partial charge >= 0.3 is 0 Å². The lowest BCUT2D eigenvalue weighted by Crippen LogP contribution is -2.40. The molecule has 4 aromatic carbocycles. The van der Waals surface area contributed by atoms with E-state index < -0.39 is 23.1 Å². The Balaban J connectivity index is 0.000000210. The Labute approximate surface area is 437 Å². The molecule has 0 spiro atoms. The summed E-state index contributed by atoms with van der Waals surface area (Å²) in [4.78, 5) is 28.0. The molecule has 2 N–H and O–H groups in total. The van der Waals surface area contributed by atoms with Crippen LogP contribution in [0.5, 0.6) is 11.5 Å². The van der Waals surface area contributed by atoms with Gasteiger partial charge in [0.05, 0.1) is 78.8 Å². The van der Waals surface area contributed by atoms with E-state index in [1.165, 1.54) is 12.8 Å². The third-order valence-corrected chi connectivity index (χ3v) is 13.9. The Bertz CT molecular complexity index is 2410. The molecule has 2 aliphatic carbocycles. The van der Waals surface area contributed by atoms with E-state index in [0.29, 0.717) is 50.2 Å². The zero-order chi connectivity index (χ0) is 52.9. The Morgan fingerprint density at radius 1 is 0.554 bits per heavy atom. The molecular formula is C60H76N4O10. The monoisotopic (exact) mass is 1010 g/mol. The summed E-state index contributed by atoms with van der Waals surface area (Å²) < 4.78 is 25.7. The minimum atomic E-state index is -1.55. The van der Waals surface area contributed by atoms with Crippen LogP contribution in [0.1, 0.15) is 111 Å². The molecule has 0 amide bonds. The Morgan fingerprint density at radius 2 is 0.878 bits per heavy atom. The molecule has 2 aromatic heterocycles. The number of carbonyl (C=O) groups is 2. The fraction of sp³-hybridized carbons (Fsp3) is 0.433. The first-order valence-corrected chi connectivity index (χ1v) is 26.1. The van der Waals surface area contributed by atoms with E-state index >= 15 is 0 Å². The van der Waals surface area contributed by atoms with E-state index in [2.05, 4.69) is 38.2 Å². The highest BCUT2D eigenvalue weighted by atomic mass is 16.5. The zero-order valence-electron chi connectivity index (χ0n) is 43.7. The highest BCUT2D eigenvalue weighted by Crippen LogP contribution is 2.45. The molecule has 2 saturated carbocycles. The first-order valence-electron chi connectivity index (χ1n) is 26.1. The van der Waals surface area contributed by atoms with Crippen LogP contribution < -0.4 is 19.7 Å². The number of nitrogens with zero attached hydrogens (tertiary/aromatic N) is 4. The fourth-order valence-corrected chi connectivity index (χ4v) is 10.1. The number of para-hydroxylation sites is 2. The van der Waals surface area contributed by atoms with Gasteiger partial charge in [0, 0.05) is 24.7 Å². The van der Waals surface area contributed by atoms with Gasteiger partial charge in [0.25, 0.3) is 0 Å². The van der Waals surface area contributed by atoms with E-state index in [9.17, 15) is 30.0 Å². The van der Waals surface area contributed by atoms with E-state index in [1.54, 1.807) is 12.4 Å². The van der Waals surface area contributed by atoms with Crippen LogP contribution >= 0.6 is 0 Å². The molecule has 396 valence electrons. The van der Waals surface area contributed by atoms with Gasteiger partial charge in [-0.2, -0.15) is 0 Å². The Hall–Kier alpha value is -6.58. The molecule has 74 heavy (non-hydrogen) atoms. The molecule has 2 heterocycles. The molecule has 0 radical (unpaired) electrons. The van der Waals surface area contributed by atoms with Crippen molar-refractivity contribution >= 4 is 11.9 Å². The van der Waals surface area contributed by atoms with Gasteiger partial charge in [-0.25, -0.2) is 9.97 Å². The van der Waals surface area contributed by atoms with Crippen molar-refractivity contribution in [2.45, 2.75) is 101 Å². The highest BCUT2D eigenvalue weighted by molar-refractivity contribution is 5.87. The minimum Gasteiger partial charge on any atom is -0.545 e. The van der Waals surface area contributed by atoms with Crippen LogP contribution in [-0.4, -0.2) is 95.6 Å². The normalized spacial score (nSPS) is 16.1. The lowest BCUT2D eigenvalue weighted by molar-refractivity contribution is -0.904. The maximum absolute atomic E-state index is 12.0. The first kappa shape index (κ1) is 56.7. The number of carboxylic acids is 2.